The summed E-state index contributed by atoms with van der Waals surface area (Å²) >= 11 is 0. The highest BCUT2D eigenvalue weighted by molar-refractivity contribution is 7.93. The molecule has 2 saturated heterocycles. The summed E-state index contributed by atoms with van der Waals surface area (Å²) in [6, 6.07) is 2.70. The number of piperidine rings is 1. The Labute approximate surface area is 138 Å². The van der Waals surface area contributed by atoms with Gasteiger partial charge < -0.3 is 9.80 Å². The second kappa shape index (κ2) is 5.51. The van der Waals surface area contributed by atoms with Crippen LogP contribution < -0.4 is 0 Å². The Morgan fingerprint density at radius 3 is 2.33 bits per heavy atom. The van der Waals surface area contributed by atoms with Crippen LogP contribution in [0.5, 0.6) is 0 Å². The predicted molar refractivity (Wildman–Crippen MR) is 80.8 cm³/mol. The molecular formula is C15H16F2N2O4S. The molecule has 2 fully saturated rings. The van der Waals surface area contributed by atoms with E-state index in [4.69, 9.17) is 0 Å². The molecule has 130 valence electrons. The van der Waals surface area contributed by atoms with Crippen molar-refractivity contribution in [2.75, 3.05) is 25.9 Å². The number of nitrogens with zero attached hydrogens (tertiary/aromatic N) is 2. The Hall–Kier alpha value is -2.03. The molecule has 1 aromatic rings. The zero-order chi connectivity index (χ0) is 17.7. The monoisotopic (exact) mass is 358 g/mol. The van der Waals surface area contributed by atoms with Crippen LogP contribution >= 0.6 is 0 Å². The molecule has 9 heteroatoms. The summed E-state index contributed by atoms with van der Waals surface area (Å²) in [5.41, 5.74) is -0.258. The number of halogens is 2. The summed E-state index contributed by atoms with van der Waals surface area (Å²) in [7, 11) is -2.17. The Bertz CT molecular complexity index is 817. The van der Waals surface area contributed by atoms with E-state index in [-0.39, 0.29) is 31.5 Å². The van der Waals surface area contributed by atoms with Gasteiger partial charge in [-0.2, -0.15) is 0 Å². The van der Waals surface area contributed by atoms with Gasteiger partial charge in [0.2, 0.25) is 5.91 Å². The Morgan fingerprint density at radius 2 is 1.83 bits per heavy atom. The normalized spacial score (nSPS) is 22.2. The maximum atomic E-state index is 13.8. The second-order valence-corrected chi connectivity index (χ2v) is 8.35. The molecule has 2 heterocycles. The molecule has 0 aliphatic carbocycles. The van der Waals surface area contributed by atoms with Crippen LogP contribution in [0.1, 0.15) is 23.2 Å². The quantitative estimate of drug-likeness (QED) is 0.744. The molecule has 0 atom stereocenters. The van der Waals surface area contributed by atoms with Gasteiger partial charge in [-0.15, -0.1) is 0 Å². The van der Waals surface area contributed by atoms with E-state index in [0.717, 1.165) is 12.1 Å². The van der Waals surface area contributed by atoms with Crippen LogP contribution in [0.2, 0.25) is 0 Å². The van der Waals surface area contributed by atoms with Crippen LogP contribution in [0.3, 0.4) is 0 Å². The minimum absolute atomic E-state index is 0.0755. The van der Waals surface area contributed by atoms with Crippen LogP contribution in [0.15, 0.2) is 18.2 Å². The molecule has 24 heavy (non-hydrogen) atoms. The van der Waals surface area contributed by atoms with Gasteiger partial charge >= 0.3 is 0 Å². The minimum atomic E-state index is -3.62. The number of likely N-dealkylation sites (tertiary alicyclic amines) is 1. The molecule has 0 bridgehead atoms. The summed E-state index contributed by atoms with van der Waals surface area (Å²) in [5.74, 6) is -3.34. The largest absolute Gasteiger partial charge is 0.338 e. The second-order valence-electron chi connectivity index (χ2n) is 6.07. The van der Waals surface area contributed by atoms with Crippen LogP contribution in [0.25, 0.3) is 0 Å². The number of carbonyl (C=O) groups excluding carboxylic acids is 2. The van der Waals surface area contributed by atoms with Gasteiger partial charge in [0.05, 0.1) is 5.56 Å². The lowest BCUT2D eigenvalue weighted by Gasteiger charge is -2.41. The fourth-order valence-electron chi connectivity index (χ4n) is 3.37. The SMILES string of the molecule is CN1C(=O)CS(=O)(=O)C12CCN(C(=O)c1ccc(F)cc1F)CC2. The highest BCUT2D eigenvalue weighted by atomic mass is 32.2. The van der Waals surface area contributed by atoms with Gasteiger partial charge in [-0.05, 0) is 12.1 Å². The van der Waals surface area contributed by atoms with Gasteiger partial charge in [0.25, 0.3) is 5.91 Å². The van der Waals surface area contributed by atoms with Crippen molar-refractivity contribution in [2.45, 2.75) is 17.7 Å². The van der Waals surface area contributed by atoms with Gasteiger partial charge in [0.1, 0.15) is 22.3 Å². The smallest absolute Gasteiger partial charge is 0.256 e. The van der Waals surface area contributed by atoms with Gasteiger partial charge in [-0.1, -0.05) is 0 Å². The third-order valence-corrected chi connectivity index (χ3v) is 7.34. The maximum absolute atomic E-state index is 13.8. The van der Waals surface area contributed by atoms with Gasteiger partial charge in [0, 0.05) is 39.0 Å². The summed E-state index contributed by atoms with van der Waals surface area (Å²) < 4.78 is 51.4. The number of benzene rings is 1. The van der Waals surface area contributed by atoms with Crippen molar-refractivity contribution in [1.29, 1.82) is 0 Å². The molecule has 2 aliphatic rings. The van der Waals surface area contributed by atoms with E-state index < -0.39 is 43.9 Å². The van der Waals surface area contributed by atoms with Gasteiger partial charge in [-0.25, -0.2) is 17.2 Å². The topological polar surface area (TPSA) is 74.8 Å². The van der Waals surface area contributed by atoms with E-state index in [2.05, 4.69) is 0 Å². The molecule has 0 aromatic heterocycles. The molecule has 6 nitrogen and oxygen atoms in total. The fourth-order valence-corrected chi connectivity index (χ4v) is 5.48. The van der Waals surface area contributed by atoms with E-state index >= 15 is 0 Å². The molecule has 0 N–H and O–H groups in total. The zero-order valence-corrected chi connectivity index (χ0v) is 13.8. The third kappa shape index (κ3) is 2.38. The van der Waals surface area contributed by atoms with E-state index in [0.29, 0.717) is 6.07 Å². The van der Waals surface area contributed by atoms with Crippen LogP contribution in [0.4, 0.5) is 8.78 Å². The first-order valence-corrected chi connectivity index (χ1v) is 9.06. The standard InChI is InChI=1S/C15H16F2N2O4S/c1-18-13(20)9-24(22,23)15(18)4-6-19(7-5-15)14(21)11-3-2-10(16)8-12(11)17/h2-3,8H,4-7,9H2,1H3. The van der Waals surface area contributed by atoms with Crippen molar-refractivity contribution in [3.63, 3.8) is 0 Å². The van der Waals surface area contributed by atoms with E-state index in [1.54, 1.807) is 0 Å². The first-order valence-electron chi connectivity index (χ1n) is 7.41. The van der Waals surface area contributed by atoms with Crippen molar-refractivity contribution >= 4 is 21.7 Å². The Kier molecular flexibility index (Phi) is 3.86. The molecule has 0 unspecified atom stereocenters. The number of rotatable bonds is 1. The lowest BCUT2D eigenvalue weighted by molar-refractivity contribution is -0.129. The average Bonchev–Trinajstić information content (AvgIpc) is 2.68. The van der Waals surface area contributed by atoms with E-state index in [9.17, 15) is 26.8 Å². The predicted octanol–water partition coefficient (Wildman–Crippen LogP) is 0.784. The number of amides is 2. The summed E-state index contributed by atoms with van der Waals surface area (Å²) in [6.07, 6.45) is 0.151. The van der Waals surface area contributed by atoms with Crippen LogP contribution in [0, 0.1) is 11.6 Å². The molecule has 1 aromatic carbocycles. The van der Waals surface area contributed by atoms with E-state index in [1.807, 2.05) is 0 Å². The van der Waals surface area contributed by atoms with Crippen LogP contribution in [-0.2, 0) is 14.6 Å². The average molecular weight is 358 g/mol. The van der Waals surface area contributed by atoms with Crippen molar-refractivity contribution in [2.24, 2.45) is 0 Å². The highest BCUT2D eigenvalue weighted by Gasteiger charge is 2.57. The lowest BCUT2D eigenvalue weighted by Crippen LogP contribution is -2.55. The number of carbonyl (C=O) groups is 2. The molecule has 2 aliphatic heterocycles. The maximum Gasteiger partial charge on any atom is 0.256 e. The van der Waals surface area contributed by atoms with Crippen LogP contribution in [-0.4, -0.2) is 60.8 Å². The molecule has 2 amide bonds. The summed E-state index contributed by atoms with van der Waals surface area (Å²) in [5, 5.41) is 0. The van der Waals surface area contributed by atoms with Crippen molar-refractivity contribution in [3.8, 4) is 0 Å². The lowest BCUT2D eigenvalue weighted by atomic mass is 10.0. The van der Waals surface area contributed by atoms with Gasteiger partial charge in [-0.3, -0.25) is 9.59 Å². The summed E-state index contributed by atoms with van der Waals surface area (Å²) in [6.45, 7) is 0.152. The van der Waals surface area contributed by atoms with Crippen molar-refractivity contribution in [1.82, 2.24) is 9.80 Å². The molecular weight excluding hydrogens is 342 g/mol. The molecule has 0 radical (unpaired) electrons. The first-order chi connectivity index (χ1) is 11.2. The zero-order valence-electron chi connectivity index (χ0n) is 13.0. The Morgan fingerprint density at radius 1 is 1.21 bits per heavy atom. The molecule has 3 rings (SSSR count). The van der Waals surface area contributed by atoms with Gasteiger partial charge in [0.15, 0.2) is 9.84 Å². The van der Waals surface area contributed by atoms with Crippen molar-refractivity contribution in [3.05, 3.63) is 35.4 Å². The number of hydrogen-bond acceptors (Lipinski definition) is 4. The third-order valence-electron chi connectivity index (χ3n) is 4.87. The van der Waals surface area contributed by atoms with Crippen molar-refractivity contribution < 1.29 is 26.8 Å². The fraction of sp³-hybridized carbons (Fsp3) is 0.467. The van der Waals surface area contributed by atoms with E-state index in [1.165, 1.54) is 16.8 Å². The first kappa shape index (κ1) is 16.8. The molecule has 1 spiro atoms. The summed E-state index contributed by atoms with van der Waals surface area (Å²) in [4.78, 5) is 25.4. The highest BCUT2D eigenvalue weighted by Crippen LogP contribution is 2.39. The minimum Gasteiger partial charge on any atom is -0.338 e. The molecule has 0 saturated carbocycles. The number of hydrogen-bond donors (Lipinski definition) is 0. The number of sulfone groups is 1. The Balaban J connectivity index is 1.80.